The van der Waals surface area contributed by atoms with Crippen LogP contribution in [0.4, 0.5) is 0 Å². The second-order valence-electron chi connectivity index (χ2n) is 11.3. The molecule has 0 spiro atoms. The molecule has 3 heterocycles. The van der Waals surface area contributed by atoms with Gasteiger partial charge in [-0.3, -0.25) is 0 Å². The molecular formula is C30H33NO6. The van der Waals surface area contributed by atoms with Gasteiger partial charge in [0.05, 0.1) is 0 Å². The third kappa shape index (κ3) is 4.16. The second kappa shape index (κ2) is 8.46. The zero-order chi connectivity index (χ0) is 26.0. The van der Waals surface area contributed by atoms with E-state index in [0.717, 1.165) is 16.7 Å². The Hall–Kier alpha value is -3.10. The van der Waals surface area contributed by atoms with E-state index in [9.17, 15) is 15.3 Å². The Balaban J connectivity index is 1.35. The minimum Gasteiger partial charge on any atom is -0.508 e. The average Bonchev–Trinajstić information content (AvgIpc) is 3.41. The number of nitrogens with zero attached hydrogens (tertiary/aromatic N) is 1. The van der Waals surface area contributed by atoms with Crippen molar-refractivity contribution in [1.29, 1.82) is 0 Å². The minimum absolute atomic E-state index is 0.232. The zero-order valence-electron chi connectivity index (χ0n) is 21.3. The minimum atomic E-state index is -0.646. The van der Waals surface area contributed by atoms with E-state index in [4.69, 9.17) is 14.2 Å². The first-order valence-corrected chi connectivity index (χ1v) is 12.7. The fraction of sp³-hybridized carbons (Fsp3) is 0.400. The summed E-state index contributed by atoms with van der Waals surface area (Å²) in [5.41, 5.74) is 1.21. The molecule has 3 N–H and O–H groups in total. The lowest BCUT2D eigenvalue weighted by molar-refractivity contribution is -0.129. The van der Waals surface area contributed by atoms with E-state index in [-0.39, 0.29) is 35.9 Å². The van der Waals surface area contributed by atoms with Crippen molar-refractivity contribution >= 4 is 0 Å². The van der Waals surface area contributed by atoms with Gasteiger partial charge in [-0.25, -0.2) is 4.90 Å². The van der Waals surface area contributed by atoms with Crippen LogP contribution in [0.15, 0.2) is 72.8 Å². The molecule has 3 saturated heterocycles. The highest BCUT2D eigenvalue weighted by molar-refractivity contribution is 5.31. The molecule has 3 fully saturated rings. The van der Waals surface area contributed by atoms with Crippen LogP contribution in [0.5, 0.6) is 17.2 Å². The Morgan fingerprint density at radius 1 is 0.514 bits per heavy atom. The molecule has 3 aromatic carbocycles. The third-order valence-corrected chi connectivity index (χ3v) is 8.00. The molecule has 0 bridgehead atoms. The molecule has 7 heteroatoms. The first kappa shape index (κ1) is 24.2. The molecule has 0 saturated carbocycles. The number of phenolic OH excluding ortho intramolecular Hbond substituents is 3. The molecule has 6 atom stereocenters. The average molecular weight is 504 g/mol. The summed E-state index contributed by atoms with van der Waals surface area (Å²) < 4.78 is 20.5. The van der Waals surface area contributed by atoms with E-state index in [1.165, 1.54) is 0 Å². The van der Waals surface area contributed by atoms with Crippen molar-refractivity contribution in [3.05, 3.63) is 89.5 Å². The lowest BCUT2D eigenvalue weighted by Crippen LogP contribution is -2.43. The molecule has 194 valence electrons. The monoisotopic (exact) mass is 503 g/mol. The molecule has 3 aliphatic rings. The molecule has 3 aromatic rings. The SMILES string of the molecule is CC1(Cc2ccc(O)cc2)OC2N3C1OC(C)(Cc1ccc(O)cc1)C3OC2(C)Cc1ccc(O)cc1. The Morgan fingerprint density at radius 3 is 1.00 bits per heavy atom. The van der Waals surface area contributed by atoms with Gasteiger partial charge in [-0.1, -0.05) is 36.4 Å². The van der Waals surface area contributed by atoms with Crippen LogP contribution in [0, 0.1) is 0 Å². The van der Waals surface area contributed by atoms with Crippen molar-refractivity contribution in [1.82, 2.24) is 4.90 Å². The maximum atomic E-state index is 9.76. The van der Waals surface area contributed by atoms with Crippen molar-refractivity contribution in [2.75, 3.05) is 0 Å². The molecule has 0 radical (unpaired) electrons. The molecule has 6 rings (SSSR count). The maximum Gasteiger partial charge on any atom is 0.145 e. The van der Waals surface area contributed by atoms with Gasteiger partial charge in [0.2, 0.25) is 0 Å². The van der Waals surface area contributed by atoms with Gasteiger partial charge in [-0.15, -0.1) is 0 Å². The van der Waals surface area contributed by atoms with Crippen LogP contribution in [0.2, 0.25) is 0 Å². The first-order chi connectivity index (χ1) is 17.6. The van der Waals surface area contributed by atoms with Crippen LogP contribution in [-0.2, 0) is 33.5 Å². The normalized spacial score (nSPS) is 34.6. The van der Waals surface area contributed by atoms with Gasteiger partial charge in [0.1, 0.15) is 52.7 Å². The highest BCUT2D eigenvalue weighted by Gasteiger charge is 2.72. The van der Waals surface area contributed by atoms with Crippen molar-refractivity contribution in [2.24, 2.45) is 0 Å². The summed E-state index contributed by atoms with van der Waals surface area (Å²) in [4.78, 5) is 2.25. The molecule has 37 heavy (non-hydrogen) atoms. The molecular weight excluding hydrogens is 470 g/mol. The van der Waals surface area contributed by atoms with E-state index >= 15 is 0 Å². The summed E-state index contributed by atoms with van der Waals surface area (Å²) in [6.07, 6.45) is 0.840. The lowest BCUT2D eigenvalue weighted by Gasteiger charge is -2.32. The topological polar surface area (TPSA) is 91.6 Å². The molecule has 3 aliphatic heterocycles. The highest BCUT2D eigenvalue weighted by atomic mass is 16.7. The fourth-order valence-electron chi connectivity index (χ4n) is 6.26. The summed E-state index contributed by atoms with van der Waals surface area (Å²) >= 11 is 0. The van der Waals surface area contributed by atoms with Gasteiger partial charge >= 0.3 is 0 Å². The second-order valence-corrected chi connectivity index (χ2v) is 11.3. The van der Waals surface area contributed by atoms with Crippen LogP contribution < -0.4 is 0 Å². The third-order valence-electron chi connectivity index (χ3n) is 8.00. The fourth-order valence-corrected chi connectivity index (χ4v) is 6.26. The predicted molar refractivity (Wildman–Crippen MR) is 137 cm³/mol. The number of benzene rings is 3. The largest absolute Gasteiger partial charge is 0.508 e. The summed E-state index contributed by atoms with van der Waals surface area (Å²) in [7, 11) is 0. The van der Waals surface area contributed by atoms with E-state index < -0.39 is 16.8 Å². The van der Waals surface area contributed by atoms with Crippen LogP contribution in [0.1, 0.15) is 37.5 Å². The van der Waals surface area contributed by atoms with Crippen LogP contribution in [0.25, 0.3) is 0 Å². The molecule has 0 aliphatic carbocycles. The van der Waals surface area contributed by atoms with Crippen LogP contribution in [-0.4, -0.2) is 55.7 Å². The quantitative estimate of drug-likeness (QED) is 0.457. The van der Waals surface area contributed by atoms with Gasteiger partial charge in [-0.2, -0.15) is 0 Å². The van der Waals surface area contributed by atoms with Gasteiger partial charge in [-0.05, 0) is 73.9 Å². The molecule has 6 unspecified atom stereocenters. The number of hydrogen-bond donors (Lipinski definition) is 3. The van der Waals surface area contributed by atoms with Gasteiger partial charge in [0.15, 0.2) is 0 Å². The number of ether oxygens (including phenoxy) is 3. The van der Waals surface area contributed by atoms with E-state index in [1.54, 1.807) is 36.4 Å². The molecule has 7 nitrogen and oxygen atoms in total. The van der Waals surface area contributed by atoms with Gasteiger partial charge in [0.25, 0.3) is 0 Å². The summed E-state index contributed by atoms with van der Waals surface area (Å²) in [6.45, 7) is 6.27. The summed E-state index contributed by atoms with van der Waals surface area (Å²) in [5.74, 6) is 0.696. The lowest BCUT2D eigenvalue weighted by atomic mass is 9.94. The first-order valence-electron chi connectivity index (χ1n) is 12.7. The maximum absolute atomic E-state index is 9.76. The van der Waals surface area contributed by atoms with E-state index in [0.29, 0.717) is 19.3 Å². The predicted octanol–water partition coefficient (Wildman–Crippen LogP) is 4.48. The van der Waals surface area contributed by atoms with Crippen molar-refractivity contribution in [3.63, 3.8) is 0 Å². The smallest absolute Gasteiger partial charge is 0.145 e. The number of phenols is 3. The molecule has 0 aromatic heterocycles. The number of hydrogen-bond acceptors (Lipinski definition) is 7. The van der Waals surface area contributed by atoms with Gasteiger partial charge < -0.3 is 29.5 Å². The van der Waals surface area contributed by atoms with E-state index in [1.807, 2.05) is 36.4 Å². The van der Waals surface area contributed by atoms with Crippen LogP contribution >= 0.6 is 0 Å². The highest BCUT2D eigenvalue weighted by Crippen LogP contribution is 2.56. The Labute approximate surface area is 216 Å². The van der Waals surface area contributed by atoms with E-state index in [2.05, 4.69) is 25.7 Å². The van der Waals surface area contributed by atoms with Crippen LogP contribution in [0.3, 0.4) is 0 Å². The Kier molecular flexibility index (Phi) is 5.55. The van der Waals surface area contributed by atoms with Crippen molar-refractivity contribution in [3.8, 4) is 17.2 Å². The Morgan fingerprint density at radius 2 is 0.757 bits per heavy atom. The number of rotatable bonds is 6. The molecule has 0 amide bonds. The van der Waals surface area contributed by atoms with Crippen molar-refractivity contribution < 1.29 is 29.5 Å². The standard InChI is InChI=1S/C30H33NO6/c1-28(16-19-4-10-22(32)11-5-19)25-31-26(35-28)29(2,17-20-6-12-23(33)13-7-20)37-27(31)30(3,36-25)18-21-8-14-24(34)15-9-21/h4-15,25-27,32-34H,16-18H2,1-3H3. The summed E-state index contributed by atoms with van der Waals surface area (Å²) in [6, 6.07) is 21.7. The van der Waals surface area contributed by atoms with Crippen molar-refractivity contribution in [2.45, 2.75) is 75.5 Å². The zero-order valence-corrected chi connectivity index (χ0v) is 21.3. The van der Waals surface area contributed by atoms with Gasteiger partial charge in [0, 0.05) is 19.3 Å². The Bertz CT molecular complexity index is 1120. The number of aromatic hydroxyl groups is 3. The summed E-state index contributed by atoms with van der Waals surface area (Å²) in [5, 5.41) is 29.3.